The molecule has 0 saturated carbocycles. The predicted molar refractivity (Wildman–Crippen MR) is 61.0 cm³/mol. The Morgan fingerprint density at radius 2 is 2.06 bits per heavy atom. The monoisotopic (exact) mass is 264 g/mol. The van der Waals surface area contributed by atoms with E-state index in [4.69, 9.17) is 0 Å². The maximum atomic E-state index is 12.2. The Morgan fingerprint density at radius 3 is 2.67 bits per heavy atom. The van der Waals surface area contributed by atoms with E-state index in [-0.39, 0.29) is 0 Å². The number of carbonyl (C=O) groups is 1. The van der Waals surface area contributed by atoms with Crippen LogP contribution in [0.5, 0.6) is 0 Å². The van der Waals surface area contributed by atoms with Gasteiger partial charge in [0.05, 0.1) is 0 Å². The van der Waals surface area contributed by atoms with Gasteiger partial charge in [0.2, 0.25) is 5.91 Å². The first kappa shape index (κ1) is 13.6. The molecule has 0 aromatic heterocycles. The second-order valence-electron chi connectivity index (χ2n) is 5.24. The second kappa shape index (κ2) is 5.47. The van der Waals surface area contributed by atoms with Gasteiger partial charge in [-0.1, -0.05) is 0 Å². The average Bonchev–Trinajstić information content (AvgIpc) is 2.80. The third-order valence-corrected chi connectivity index (χ3v) is 3.83. The Labute approximate surface area is 105 Å². The molecule has 2 saturated heterocycles. The summed E-state index contributed by atoms with van der Waals surface area (Å²) in [6, 6.07) is 0.381. The highest BCUT2D eigenvalue weighted by molar-refractivity contribution is 5.76. The fourth-order valence-electron chi connectivity index (χ4n) is 2.96. The number of amides is 1. The van der Waals surface area contributed by atoms with E-state index < -0.39 is 18.5 Å². The molecule has 1 N–H and O–H groups in total. The molecule has 0 aromatic carbocycles. The Balaban J connectivity index is 1.87. The number of nitrogens with zero attached hydrogens (tertiary/aromatic N) is 1. The first-order valence-corrected chi connectivity index (χ1v) is 6.53. The van der Waals surface area contributed by atoms with Crippen LogP contribution in [0.25, 0.3) is 0 Å². The van der Waals surface area contributed by atoms with Gasteiger partial charge in [0, 0.05) is 19.1 Å². The zero-order valence-electron chi connectivity index (χ0n) is 10.3. The number of rotatable bonds is 2. The minimum Gasteiger partial charge on any atom is -0.342 e. The highest BCUT2D eigenvalue weighted by atomic mass is 19.4. The normalized spacial score (nSPS) is 29.6. The van der Waals surface area contributed by atoms with Crippen LogP contribution in [0.1, 0.15) is 32.1 Å². The molecule has 104 valence electrons. The van der Waals surface area contributed by atoms with Crippen LogP contribution in [-0.2, 0) is 4.79 Å². The SMILES string of the molecule is O=C(CC(F)(F)F)N1CCCC(C2CCCN2)C1. The van der Waals surface area contributed by atoms with E-state index in [1.54, 1.807) is 0 Å². The van der Waals surface area contributed by atoms with Crippen molar-refractivity contribution in [3.8, 4) is 0 Å². The van der Waals surface area contributed by atoms with Gasteiger partial charge in [-0.3, -0.25) is 4.79 Å². The highest BCUT2D eigenvalue weighted by Crippen LogP contribution is 2.27. The van der Waals surface area contributed by atoms with Gasteiger partial charge in [-0.05, 0) is 38.1 Å². The van der Waals surface area contributed by atoms with Crippen molar-refractivity contribution in [2.75, 3.05) is 19.6 Å². The quantitative estimate of drug-likeness (QED) is 0.826. The Morgan fingerprint density at radius 1 is 1.28 bits per heavy atom. The van der Waals surface area contributed by atoms with E-state index >= 15 is 0 Å². The molecular formula is C12H19F3N2O. The fourth-order valence-corrected chi connectivity index (χ4v) is 2.96. The maximum absolute atomic E-state index is 12.2. The summed E-state index contributed by atoms with van der Waals surface area (Å²) in [4.78, 5) is 13.0. The van der Waals surface area contributed by atoms with Gasteiger partial charge in [-0.15, -0.1) is 0 Å². The number of carbonyl (C=O) groups excluding carboxylic acids is 1. The van der Waals surface area contributed by atoms with Crippen LogP contribution in [0.15, 0.2) is 0 Å². The van der Waals surface area contributed by atoms with E-state index in [9.17, 15) is 18.0 Å². The molecule has 6 heteroatoms. The minimum atomic E-state index is -4.39. The van der Waals surface area contributed by atoms with Gasteiger partial charge in [-0.2, -0.15) is 13.2 Å². The van der Waals surface area contributed by atoms with Gasteiger partial charge < -0.3 is 10.2 Å². The van der Waals surface area contributed by atoms with Crippen molar-refractivity contribution < 1.29 is 18.0 Å². The molecule has 2 unspecified atom stereocenters. The second-order valence-corrected chi connectivity index (χ2v) is 5.24. The molecule has 2 rings (SSSR count). The molecule has 0 aliphatic carbocycles. The first-order valence-electron chi connectivity index (χ1n) is 6.53. The van der Waals surface area contributed by atoms with Crippen molar-refractivity contribution in [1.82, 2.24) is 10.2 Å². The van der Waals surface area contributed by atoms with Crippen molar-refractivity contribution in [2.24, 2.45) is 5.92 Å². The van der Waals surface area contributed by atoms with Crippen molar-refractivity contribution in [2.45, 2.75) is 44.3 Å². The molecule has 2 fully saturated rings. The number of alkyl halides is 3. The van der Waals surface area contributed by atoms with Crippen molar-refractivity contribution in [3.05, 3.63) is 0 Å². The molecule has 2 aliphatic rings. The lowest BCUT2D eigenvalue weighted by Gasteiger charge is -2.36. The van der Waals surface area contributed by atoms with E-state index in [2.05, 4.69) is 5.32 Å². The summed E-state index contributed by atoms with van der Waals surface area (Å²) in [6.07, 6.45) is -1.70. The van der Waals surface area contributed by atoms with Crippen molar-refractivity contribution in [3.63, 3.8) is 0 Å². The lowest BCUT2D eigenvalue weighted by Crippen LogP contribution is -2.46. The molecule has 2 heterocycles. The summed E-state index contributed by atoms with van der Waals surface area (Å²) in [7, 11) is 0. The summed E-state index contributed by atoms with van der Waals surface area (Å²) in [6.45, 7) is 1.93. The third-order valence-electron chi connectivity index (χ3n) is 3.83. The smallest absolute Gasteiger partial charge is 0.342 e. The molecule has 0 bridgehead atoms. The lowest BCUT2D eigenvalue weighted by molar-refractivity contribution is -0.162. The predicted octanol–water partition coefficient (Wildman–Crippen LogP) is 1.93. The van der Waals surface area contributed by atoms with Crippen molar-refractivity contribution in [1.29, 1.82) is 0 Å². The van der Waals surface area contributed by atoms with Gasteiger partial charge in [0.25, 0.3) is 0 Å². The molecule has 18 heavy (non-hydrogen) atoms. The zero-order valence-corrected chi connectivity index (χ0v) is 10.3. The molecule has 0 aromatic rings. The van der Waals surface area contributed by atoms with Gasteiger partial charge in [0.1, 0.15) is 6.42 Å². The summed E-state index contributed by atoms with van der Waals surface area (Å²) in [5.74, 6) is -0.455. The molecule has 0 spiro atoms. The molecule has 1 amide bonds. The molecule has 2 aliphatic heterocycles. The Bertz CT molecular complexity index is 300. The van der Waals surface area contributed by atoms with Gasteiger partial charge >= 0.3 is 6.18 Å². The van der Waals surface area contributed by atoms with E-state index in [1.165, 1.54) is 4.90 Å². The lowest BCUT2D eigenvalue weighted by atomic mass is 9.89. The number of piperidine rings is 1. The number of nitrogens with one attached hydrogen (secondary N) is 1. The van der Waals surface area contributed by atoms with Crippen LogP contribution >= 0.6 is 0 Å². The van der Waals surface area contributed by atoms with Crippen LogP contribution < -0.4 is 5.32 Å². The number of likely N-dealkylation sites (tertiary alicyclic amines) is 1. The minimum absolute atomic E-state index is 0.318. The third kappa shape index (κ3) is 3.60. The standard InChI is InChI=1S/C12H19F3N2O/c13-12(14,15)7-11(18)17-6-2-3-9(8-17)10-4-1-5-16-10/h9-10,16H,1-8H2. The first-order chi connectivity index (χ1) is 8.46. The highest BCUT2D eigenvalue weighted by Gasteiger charge is 2.36. The Kier molecular flexibility index (Phi) is 4.14. The summed E-state index contributed by atoms with van der Waals surface area (Å²) >= 11 is 0. The molecule has 3 nitrogen and oxygen atoms in total. The average molecular weight is 264 g/mol. The molecule has 2 atom stereocenters. The zero-order chi connectivity index (χ0) is 13.2. The topological polar surface area (TPSA) is 32.3 Å². The summed E-state index contributed by atoms with van der Waals surface area (Å²) < 4.78 is 36.6. The van der Waals surface area contributed by atoms with Crippen LogP contribution in [-0.4, -0.2) is 42.7 Å². The van der Waals surface area contributed by atoms with Crippen LogP contribution in [0, 0.1) is 5.92 Å². The van der Waals surface area contributed by atoms with Crippen LogP contribution in [0.2, 0.25) is 0 Å². The van der Waals surface area contributed by atoms with E-state index in [0.29, 0.717) is 25.0 Å². The number of halogens is 3. The summed E-state index contributed by atoms with van der Waals surface area (Å²) in [5, 5.41) is 3.37. The number of hydrogen-bond donors (Lipinski definition) is 1. The molecular weight excluding hydrogens is 245 g/mol. The van der Waals surface area contributed by atoms with Crippen molar-refractivity contribution >= 4 is 5.91 Å². The Hall–Kier alpha value is -0.780. The fraction of sp³-hybridized carbons (Fsp3) is 0.917. The van der Waals surface area contributed by atoms with Gasteiger partial charge in [0.15, 0.2) is 0 Å². The largest absolute Gasteiger partial charge is 0.397 e. The molecule has 0 radical (unpaired) electrons. The van der Waals surface area contributed by atoms with Gasteiger partial charge in [-0.25, -0.2) is 0 Å². The van der Waals surface area contributed by atoms with Crippen LogP contribution in [0.4, 0.5) is 13.2 Å². The van der Waals surface area contributed by atoms with E-state index in [1.807, 2.05) is 0 Å². The van der Waals surface area contributed by atoms with Crippen LogP contribution in [0.3, 0.4) is 0 Å². The maximum Gasteiger partial charge on any atom is 0.397 e. The van der Waals surface area contributed by atoms with E-state index in [0.717, 1.165) is 32.2 Å². The summed E-state index contributed by atoms with van der Waals surface area (Å²) in [5.41, 5.74) is 0. The number of hydrogen-bond acceptors (Lipinski definition) is 2.